The molecule has 1 aliphatic carbocycles. The maximum atomic E-state index is 11.4. The number of terminal acetylenes is 1. The first kappa shape index (κ1) is 73.3. The molecule has 3 heterocycles. The fraction of sp³-hybridized carbons (Fsp3) is 0.589. The van der Waals surface area contributed by atoms with E-state index in [1.165, 1.54) is 102 Å². The van der Waals surface area contributed by atoms with Gasteiger partial charge in [-0.1, -0.05) is 162 Å². The number of fused-ring (bicyclic) bond motifs is 1. The lowest BCUT2D eigenvalue weighted by Gasteiger charge is -2.39. The largest absolute Gasteiger partial charge is 0.368 e. The maximum absolute atomic E-state index is 11.4. The standard InChI is InChI=1S/C40H54N4OS.C20H34N2.C9H17N.2C2H6/c1-8-29(3)38-34(16-11-23-42-38)39-36(28-40(5,6)21-12-24-45)35-27-33(19-20-37(35)44(39)9-2)32-15-10-14-31(26-32)18-17-30(4)43(7)46-25-13-22-41;1-10-18(7)21(8)14-12-19(11-2)13-15-22(9)20(16(3)4)17(5)6;1-2-7-10(8-3-1)9-5-4-6-9;2*1-2/h10-11,14-16,19-20,23-24,26-27,29H,4,8-9,12-13,17-18,21-22,25,28,41H2,1-3,5-7H3;1,11,17,19-20H,2-3,7,12-15H2,4-6,8-9H3;9H,1-8H2;2*1-2H3. The highest BCUT2D eigenvalue weighted by Gasteiger charge is 2.29. The minimum absolute atomic E-state index is 0.0324. The molecule has 2 aromatic carbocycles. The Morgan fingerprint density at radius 2 is 1.60 bits per heavy atom. The predicted molar refractivity (Wildman–Crippen MR) is 364 cm³/mol. The third-order valence-electron chi connectivity index (χ3n) is 16.5. The Bertz CT molecular complexity index is 2540. The number of pyridine rings is 1. The molecule has 0 radical (unpaired) electrons. The molecular weight excluding hydrogens is 1020 g/mol. The van der Waals surface area contributed by atoms with Gasteiger partial charge in [-0.2, -0.15) is 0 Å². The summed E-state index contributed by atoms with van der Waals surface area (Å²) in [6.45, 7) is 48.6. The van der Waals surface area contributed by atoms with Gasteiger partial charge >= 0.3 is 0 Å². The lowest BCUT2D eigenvalue weighted by Crippen LogP contribution is -2.42. The topological polar surface area (TPSA) is 73.9 Å². The summed E-state index contributed by atoms with van der Waals surface area (Å²) < 4.78 is 4.67. The van der Waals surface area contributed by atoms with Crippen molar-refractivity contribution in [1.82, 2.24) is 28.6 Å². The van der Waals surface area contributed by atoms with E-state index in [-0.39, 0.29) is 5.41 Å². The molecule has 8 nitrogen and oxygen atoms in total. The molecule has 3 atom stereocenters. The van der Waals surface area contributed by atoms with Crippen LogP contribution in [0.25, 0.3) is 33.3 Å². The van der Waals surface area contributed by atoms with Gasteiger partial charge < -0.3 is 29.2 Å². The number of aromatic nitrogens is 2. The summed E-state index contributed by atoms with van der Waals surface area (Å²) in [5.41, 5.74) is 18.8. The molecule has 1 saturated heterocycles. The van der Waals surface area contributed by atoms with E-state index in [4.69, 9.17) is 17.1 Å². The number of nitrogens with zero attached hydrogens (tertiary/aromatic N) is 6. The Labute approximate surface area is 508 Å². The zero-order chi connectivity index (χ0) is 61.4. The monoisotopic (exact) mass is 1140 g/mol. The van der Waals surface area contributed by atoms with E-state index in [9.17, 15) is 4.79 Å². The minimum Gasteiger partial charge on any atom is -0.368 e. The van der Waals surface area contributed by atoms with Crippen LogP contribution in [-0.4, -0.2) is 107 Å². The van der Waals surface area contributed by atoms with Gasteiger partial charge in [0.05, 0.1) is 17.1 Å². The third kappa shape index (κ3) is 23.3. The van der Waals surface area contributed by atoms with Crippen molar-refractivity contribution in [3.63, 3.8) is 0 Å². The summed E-state index contributed by atoms with van der Waals surface area (Å²) in [6.07, 6.45) is 27.6. The third-order valence-corrected chi connectivity index (χ3v) is 17.7. The van der Waals surface area contributed by atoms with Crippen LogP contribution in [-0.2, 0) is 24.2 Å². The Kier molecular flexibility index (Phi) is 35.4. The average Bonchev–Trinajstić information content (AvgIpc) is 3.80. The van der Waals surface area contributed by atoms with E-state index in [1.54, 1.807) is 11.9 Å². The van der Waals surface area contributed by atoms with Crippen LogP contribution in [0.3, 0.4) is 0 Å². The van der Waals surface area contributed by atoms with Crippen LogP contribution >= 0.6 is 11.9 Å². The summed E-state index contributed by atoms with van der Waals surface area (Å²) in [5, 5.41) is 1.29. The minimum atomic E-state index is -0.0324. The summed E-state index contributed by atoms with van der Waals surface area (Å²) in [6, 6.07) is 21.7. The average molecular weight is 1140 g/mol. The molecular formula is C73H117N7OS. The molecule has 456 valence electrons. The Morgan fingerprint density at radius 3 is 2.17 bits per heavy atom. The van der Waals surface area contributed by atoms with Gasteiger partial charge in [0, 0.05) is 79.8 Å². The quantitative estimate of drug-likeness (QED) is 0.0182. The number of piperidine rings is 1. The molecule has 0 bridgehead atoms. The molecule has 2 aromatic heterocycles. The highest BCUT2D eigenvalue weighted by atomic mass is 32.2. The summed E-state index contributed by atoms with van der Waals surface area (Å²) in [4.78, 5) is 23.4. The second-order valence-corrected chi connectivity index (χ2v) is 24.8. The van der Waals surface area contributed by atoms with Crippen molar-refractivity contribution >= 4 is 29.1 Å². The van der Waals surface area contributed by atoms with Crippen molar-refractivity contribution in [3.8, 4) is 34.7 Å². The number of allylic oxidation sites excluding steroid dienone is 3. The van der Waals surface area contributed by atoms with Crippen LogP contribution in [0, 0.1) is 29.6 Å². The fourth-order valence-electron chi connectivity index (χ4n) is 11.4. The first-order valence-corrected chi connectivity index (χ1v) is 32.8. The molecule has 0 amide bonds. The molecule has 3 unspecified atom stereocenters. The number of rotatable bonds is 30. The zero-order valence-corrected chi connectivity index (χ0v) is 55.7. The number of carbonyl (C=O) groups excluding carboxylic acids is 1. The first-order valence-electron chi connectivity index (χ1n) is 31.8. The molecule has 6 rings (SSSR count). The Morgan fingerprint density at radius 1 is 0.927 bits per heavy atom. The number of likely N-dealkylation sites (tertiary alicyclic amines) is 1. The fourth-order valence-corrected chi connectivity index (χ4v) is 12.2. The van der Waals surface area contributed by atoms with E-state index < -0.39 is 0 Å². The van der Waals surface area contributed by atoms with Crippen LogP contribution in [0.15, 0.2) is 110 Å². The van der Waals surface area contributed by atoms with E-state index in [0.717, 1.165) is 113 Å². The first-order chi connectivity index (χ1) is 39.3. The van der Waals surface area contributed by atoms with Crippen molar-refractivity contribution in [2.45, 2.75) is 204 Å². The van der Waals surface area contributed by atoms with E-state index in [2.05, 4.69) is 181 Å². The van der Waals surface area contributed by atoms with Crippen LogP contribution in [0.1, 0.15) is 189 Å². The van der Waals surface area contributed by atoms with Gasteiger partial charge in [0.2, 0.25) is 0 Å². The summed E-state index contributed by atoms with van der Waals surface area (Å²) >= 11 is 1.79. The Hall–Kier alpha value is -4.85. The summed E-state index contributed by atoms with van der Waals surface area (Å²) in [5.74, 6) is 5.03. The number of hydrogen-bond acceptors (Lipinski definition) is 8. The van der Waals surface area contributed by atoms with Crippen LogP contribution in [0.2, 0.25) is 0 Å². The number of nitrogens with two attached hydrogens (primary N) is 1. The highest BCUT2D eigenvalue weighted by molar-refractivity contribution is 7.97. The van der Waals surface area contributed by atoms with Gasteiger partial charge in [-0.05, 0) is 194 Å². The van der Waals surface area contributed by atoms with E-state index in [0.29, 0.717) is 30.2 Å². The number of aldehydes is 1. The second-order valence-electron chi connectivity index (χ2n) is 23.6. The lowest BCUT2D eigenvalue weighted by molar-refractivity contribution is -0.108. The number of aryl methyl sites for hydroxylation is 2. The molecule has 2 N–H and O–H groups in total. The van der Waals surface area contributed by atoms with Crippen molar-refractivity contribution in [2.75, 3.05) is 59.6 Å². The molecule has 2 aliphatic rings. The van der Waals surface area contributed by atoms with Crippen LogP contribution < -0.4 is 5.73 Å². The number of carbonyl (C=O) groups is 1. The zero-order valence-electron chi connectivity index (χ0n) is 54.9. The SMILES string of the molecule is C#CC(=C)N(C)CCC(C=C)CCN(C)C(C(=C)C)C(C)C.C1CCN(C2CCC2)CC1.C=C(CCc1cccc(-c2ccc3c(c2)c(CC(C)(C)CCC=O)c(-c2cccnc2C(C)CC)n3CC)c1)N(C)SCCCN.CC.CC. The van der Waals surface area contributed by atoms with Crippen molar-refractivity contribution in [2.24, 2.45) is 23.0 Å². The van der Waals surface area contributed by atoms with Crippen molar-refractivity contribution in [1.29, 1.82) is 0 Å². The smallest absolute Gasteiger partial charge is 0.120 e. The molecule has 1 saturated carbocycles. The number of hydrogen-bond donors (Lipinski definition) is 1. The molecule has 2 fully saturated rings. The molecule has 0 spiro atoms. The van der Waals surface area contributed by atoms with Crippen LogP contribution in [0.4, 0.5) is 0 Å². The molecule has 1 aliphatic heterocycles. The molecule has 4 aromatic rings. The number of likely N-dealkylation sites (N-methyl/N-ethyl adjacent to an activating group) is 1. The van der Waals surface area contributed by atoms with Crippen molar-refractivity contribution in [3.05, 3.63) is 127 Å². The maximum Gasteiger partial charge on any atom is 0.120 e. The van der Waals surface area contributed by atoms with E-state index >= 15 is 0 Å². The lowest BCUT2D eigenvalue weighted by atomic mass is 9.80. The highest BCUT2D eigenvalue weighted by Crippen LogP contribution is 2.43. The van der Waals surface area contributed by atoms with E-state index in [1.807, 2.05) is 45.8 Å². The van der Waals surface area contributed by atoms with Gasteiger partial charge in [-0.25, -0.2) is 0 Å². The molecule has 9 heteroatoms. The van der Waals surface area contributed by atoms with Crippen LogP contribution in [0.5, 0.6) is 0 Å². The molecule has 82 heavy (non-hydrogen) atoms. The van der Waals surface area contributed by atoms with Gasteiger partial charge in [-0.3, -0.25) is 9.88 Å². The summed E-state index contributed by atoms with van der Waals surface area (Å²) in [7, 11) is 6.27. The second kappa shape index (κ2) is 39.6. The predicted octanol–water partition coefficient (Wildman–Crippen LogP) is 18.1. The Balaban J connectivity index is 0.000000523. The van der Waals surface area contributed by atoms with Crippen molar-refractivity contribution < 1.29 is 4.79 Å². The normalized spacial score (nSPS) is 14.4. The van der Waals surface area contributed by atoms with Gasteiger partial charge in [-0.15, -0.1) is 13.0 Å². The van der Waals surface area contributed by atoms with Gasteiger partial charge in [0.15, 0.2) is 0 Å². The van der Waals surface area contributed by atoms with Gasteiger partial charge in [0.25, 0.3) is 0 Å². The van der Waals surface area contributed by atoms with Gasteiger partial charge in [0.1, 0.15) is 6.29 Å². The number of benzene rings is 2.